The number of hydrogen-bond acceptors (Lipinski definition) is 5. The quantitative estimate of drug-likeness (QED) is 0.521. The summed E-state index contributed by atoms with van der Waals surface area (Å²) in [7, 11) is -2.02. The van der Waals surface area contributed by atoms with Crippen LogP contribution in [0.15, 0.2) is 18.2 Å². The number of anilines is 2. The third-order valence-electron chi connectivity index (χ3n) is 7.28. The Kier molecular flexibility index (Phi) is 6.38. The van der Waals surface area contributed by atoms with Gasteiger partial charge in [0, 0.05) is 18.2 Å². The number of methoxy groups -OCH3 is 1. The number of nitrogens with one attached hydrogen (secondary N) is 3. The van der Waals surface area contributed by atoms with E-state index in [0.29, 0.717) is 23.5 Å². The van der Waals surface area contributed by atoms with Crippen molar-refractivity contribution in [2.24, 2.45) is 23.2 Å². The molecule has 4 bridgehead atoms. The van der Waals surface area contributed by atoms with Crippen LogP contribution in [0.2, 0.25) is 0 Å². The van der Waals surface area contributed by atoms with E-state index in [9.17, 15) is 18.0 Å². The zero-order chi connectivity index (χ0) is 22.9. The molecule has 0 atom stereocenters. The van der Waals surface area contributed by atoms with Crippen molar-refractivity contribution in [3.8, 4) is 5.75 Å². The van der Waals surface area contributed by atoms with Crippen molar-refractivity contribution in [1.29, 1.82) is 0 Å². The lowest BCUT2D eigenvalue weighted by Crippen LogP contribution is -2.48. The van der Waals surface area contributed by atoms with Crippen LogP contribution in [0.3, 0.4) is 0 Å². The summed E-state index contributed by atoms with van der Waals surface area (Å²) in [6.45, 7) is 1.44. The highest BCUT2D eigenvalue weighted by Crippen LogP contribution is 2.61. The van der Waals surface area contributed by atoms with Gasteiger partial charge in [-0.2, -0.15) is 0 Å². The third-order valence-corrected chi connectivity index (χ3v) is 8.57. The lowest BCUT2D eigenvalue weighted by molar-refractivity contribution is -0.131. The summed E-state index contributed by atoms with van der Waals surface area (Å²) >= 11 is 0. The molecule has 8 nitrogen and oxygen atoms in total. The molecule has 0 saturated heterocycles. The predicted molar refractivity (Wildman–Crippen MR) is 123 cm³/mol. The largest absolute Gasteiger partial charge is 0.494 e. The van der Waals surface area contributed by atoms with E-state index < -0.39 is 10.0 Å². The van der Waals surface area contributed by atoms with Crippen LogP contribution >= 0.6 is 0 Å². The van der Waals surface area contributed by atoms with E-state index in [1.54, 1.807) is 19.1 Å². The van der Waals surface area contributed by atoms with Crippen LogP contribution in [-0.4, -0.2) is 39.6 Å². The van der Waals surface area contributed by atoms with Gasteiger partial charge in [-0.25, -0.2) is 8.42 Å². The Morgan fingerprint density at radius 3 is 2.25 bits per heavy atom. The first-order valence-electron chi connectivity index (χ1n) is 11.4. The van der Waals surface area contributed by atoms with Gasteiger partial charge in [-0.05, 0) is 80.8 Å². The smallest absolute Gasteiger partial charge is 0.243 e. The highest BCUT2D eigenvalue weighted by molar-refractivity contribution is 7.92. The van der Waals surface area contributed by atoms with E-state index in [4.69, 9.17) is 4.74 Å². The molecular formula is C23H33N3O5S. The zero-order valence-electron chi connectivity index (χ0n) is 18.8. The molecule has 0 aliphatic heterocycles. The number of ether oxygens (including phenoxy) is 1. The van der Waals surface area contributed by atoms with Crippen molar-refractivity contribution in [2.75, 3.05) is 29.4 Å². The van der Waals surface area contributed by atoms with Gasteiger partial charge in [0.1, 0.15) is 5.75 Å². The molecule has 176 valence electrons. The molecule has 0 spiro atoms. The van der Waals surface area contributed by atoms with Gasteiger partial charge in [-0.1, -0.05) is 0 Å². The van der Waals surface area contributed by atoms with E-state index in [2.05, 4.69) is 15.4 Å². The second kappa shape index (κ2) is 8.92. The highest BCUT2D eigenvalue weighted by atomic mass is 32.2. The first-order chi connectivity index (χ1) is 15.2. The first-order valence-corrected chi connectivity index (χ1v) is 13.1. The van der Waals surface area contributed by atoms with Crippen LogP contribution in [0.5, 0.6) is 5.75 Å². The van der Waals surface area contributed by atoms with Gasteiger partial charge in [0.2, 0.25) is 21.8 Å². The maximum Gasteiger partial charge on any atom is 0.243 e. The standard InChI is InChI=1S/C23H33N3O5S/c1-3-32(29,30)26-19-5-4-18(9-20(19)31-2)25-22(28)14-24-21(27)13-23-10-15-6-16(11-23)8-17(7-15)12-23/h4-5,9,15-17,26H,3,6-8,10-14H2,1-2H3,(H,24,27)(H,25,28). The average Bonchev–Trinajstić information content (AvgIpc) is 2.72. The van der Waals surface area contributed by atoms with Gasteiger partial charge < -0.3 is 15.4 Å². The number of sulfonamides is 1. The van der Waals surface area contributed by atoms with Crippen molar-refractivity contribution in [3.63, 3.8) is 0 Å². The molecule has 3 N–H and O–H groups in total. The first kappa shape index (κ1) is 22.9. The van der Waals surface area contributed by atoms with Crippen LogP contribution in [0.4, 0.5) is 11.4 Å². The van der Waals surface area contributed by atoms with Crippen LogP contribution in [0, 0.1) is 23.2 Å². The monoisotopic (exact) mass is 463 g/mol. The molecule has 5 rings (SSSR count). The minimum absolute atomic E-state index is 0.0519. The molecule has 0 unspecified atom stereocenters. The maximum absolute atomic E-state index is 12.6. The zero-order valence-corrected chi connectivity index (χ0v) is 19.6. The summed E-state index contributed by atoms with van der Waals surface area (Å²) < 4.78 is 31.3. The van der Waals surface area contributed by atoms with Gasteiger partial charge in [0.05, 0.1) is 25.1 Å². The predicted octanol–water partition coefficient (Wildman–Crippen LogP) is 3.12. The van der Waals surface area contributed by atoms with Gasteiger partial charge in [-0.3, -0.25) is 14.3 Å². The number of benzene rings is 1. The summed E-state index contributed by atoms with van der Waals surface area (Å²) in [5, 5.41) is 5.51. The van der Waals surface area contributed by atoms with Crippen LogP contribution < -0.4 is 20.1 Å². The fourth-order valence-corrected chi connectivity index (χ4v) is 7.03. The average molecular weight is 464 g/mol. The van der Waals surface area contributed by atoms with E-state index in [0.717, 1.165) is 37.0 Å². The number of carbonyl (C=O) groups is 2. The molecule has 32 heavy (non-hydrogen) atoms. The Morgan fingerprint density at radius 2 is 1.69 bits per heavy atom. The Balaban J connectivity index is 1.29. The number of rotatable bonds is 9. The molecule has 4 saturated carbocycles. The summed E-state index contributed by atoms with van der Waals surface area (Å²) in [4.78, 5) is 25.0. The molecular weight excluding hydrogens is 430 g/mol. The number of carbonyl (C=O) groups excluding carboxylic acids is 2. The Labute approximate surface area is 189 Å². The molecule has 0 heterocycles. The van der Waals surface area contributed by atoms with Gasteiger partial charge >= 0.3 is 0 Å². The number of hydrogen-bond donors (Lipinski definition) is 3. The fraction of sp³-hybridized carbons (Fsp3) is 0.652. The van der Waals surface area contributed by atoms with Crippen molar-refractivity contribution >= 4 is 33.2 Å². The van der Waals surface area contributed by atoms with Gasteiger partial charge in [-0.15, -0.1) is 0 Å². The molecule has 9 heteroatoms. The van der Waals surface area contributed by atoms with Crippen LogP contribution in [0.25, 0.3) is 0 Å². The molecule has 1 aromatic rings. The Hall–Kier alpha value is -2.29. The molecule has 0 radical (unpaired) electrons. The van der Waals surface area contributed by atoms with Crippen molar-refractivity contribution in [3.05, 3.63) is 18.2 Å². The molecule has 4 aliphatic carbocycles. The summed E-state index contributed by atoms with van der Waals surface area (Å²) in [5.41, 5.74) is 0.905. The molecule has 4 fully saturated rings. The van der Waals surface area contributed by atoms with Crippen molar-refractivity contribution < 1.29 is 22.7 Å². The highest BCUT2D eigenvalue weighted by Gasteiger charge is 2.51. The fourth-order valence-electron chi connectivity index (χ4n) is 6.39. The molecule has 4 aliphatic rings. The second-order valence-electron chi connectivity index (χ2n) is 9.84. The van der Waals surface area contributed by atoms with Crippen LogP contribution in [-0.2, 0) is 19.6 Å². The van der Waals surface area contributed by atoms with Crippen LogP contribution in [0.1, 0.15) is 51.9 Å². The Bertz CT molecular complexity index is 956. The topological polar surface area (TPSA) is 114 Å². The van der Waals surface area contributed by atoms with E-state index in [1.807, 2.05) is 0 Å². The molecule has 0 aromatic heterocycles. The SMILES string of the molecule is CCS(=O)(=O)Nc1ccc(NC(=O)CNC(=O)CC23CC4CC(CC(C4)C2)C3)cc1OC. The summed E-state index contributed by atoms with van der Waals surface area (Å²) in [6.07, 6.45) is 8.01. The minimum atomic E-state index is -3.44. The number of amides is 2. The molecule has 2 amide bonds. The van der Waals surface area contributed by atoms with E-state index in [1.165, 1.54) is 32.4 Å². The minimum Gasteiger partial charge on any atom is -0.494 e. The van der Waals surface area contributed by atoms with Crippen molar-refractivity contribution in [2.45, 2.75) is 51.9 Å². The lowest BCUT2D eigenvalue weighted by atomic mass is 9.49. The third kappa shape index (κ3) is 5.19. The second-order valence-corrected chi connectivity index (χ2v) is 11.9. The summed E-state index contributed by atoms with van der Waals surface area (Å²) in [5.74, 6) is 2.21. The molecule has 1 aromatic carbocycles. The Morgan fingerprint density at radius 1 is 1.06 bits per heavy atom. The van der Waals surface area contributed by atoms with E-state index >= 15 is 0 Å². The van der Waals surface area contributed by atoms with Gasteiger partial charge in [0.25, 0.3) is 0 Å². The lowest BCUT2D eigenvalue weighted by Gasteiger charge is -2.56. The summed E-state index contributed by atoms with van der Waals surface area (Å²) in [6, 6.07) is 4.67. The normalized spacial score (nSPS) is 28.2. The van der Waals surface area contributed by atoms with Gasteiger partial charge in [0.15, 0.2) is 0 Å². The maximum atomic E-state index is 12.6. The van der Waals surface area contributed by atoms with E-state index in [-0.39, 0.29) is 29.5 Å². The van der Waals surface area contributed by atoms with Crippen molar-refractivity contribution in [1.82, 2.24) is 5.32 Å².